The van der Waals surface area contributed by atoms with Crippen LogP contribution in [0.3, 0.4) is 0 Å². The molecule has 8 heteroatoms. The highest BCUT2D eigenvalue weighted by atomic mass is 19.2. The van der Waals surface area contributed by atoms with Crippen molar-refractivity contribution >= 4 is 23.2 Å². The Morgan fingerprint density at radius 3 is 1.87 bits per heavy atom. The lowest BCUT2D eigenvalue weighted by Crippen LogP contribution is -2.32. The van der Waals surface area contributed by atoms with E-state index in [0.29, 0.717) is 16.8 Å². The van der Waals surface area contributed by atoms with Crippen LogP contribution in [-0.2, 0) is 0 Å². The number of nitrogens with two attached hydrogens (primary N) is 1. The molecule has 0 aliphatic carbocycles. The smallest absolute Gasteiger partial charge is 0.269 e. The van der Waals surface area contributed by atoms with Gasteiger partial charge in [-0.25, -0.2) is 18.1 Å². The van der Waals surface area contributed by atoms with Gasteiger partial charge in [0.1, 0.15) is 5.69 Å². The van der Waals surface area contributed by atoms with Gasteiger partial charge in [0.05, 0.1) is 16.8 Å². The standard InChI is InChI=1S/C22H24F3N3O2/c1-10(2)12-6-5-7-13(11(3)4)20(12)28-21(29)14-15(22(28)30)17(24)19(27-9-8-26)18(25)16(14)23/h5-7,10-11,27H,8-9,26H2,1-4H3. The highest BCUT2D eigenvalue weighted by molar-refractivity contribution is 6.35. The maximum absolute atomic E-state index is 15.1. The van der Waals surface area contributed by atoms with Crippen LogP contribution in [0.2, 0.25) is 0 Å². The molecule has 2 aromatic rings. The first kappa shape index (κ1) is 21.8. The largest absolute Gasteiger partial charge is 0.379 e. The fourth-order valence-electron chi connectivity index (χ4n) is 3.70. The van der Waals surface area contributed by atoms with E-state index in [1.807, 2.05) is 33.8 Å². The number of anilines is 2. The molecule has 0 atom stereocenters. The van der Waals surface area contributed by atoms with Crippen LogP contribution in [0.4, 0.5) is 24.5 Å². The molecule has 0 unspecified atom stereocenters. The lowest BCUT2D eigenvalue weighted by Gasteiger charge is -2.25. The van der Waals surface area contributed by atoms with E-state index < -0.39 is 46.1 Å². The third-order valence-electron chi connectivity index (χ3n) is 5.17. The Labute approximate surface area is 173 Å². The van der Waals surface area contributed by atoms with Crippen molar-refractivity contribution < 1.29 is 22.8 Å². The van der Waals surface area contributed by atoms with Gasteiger partial charge >= 0.3 is 0 Å². The molecule has 5 nitrogen and oxygen atoms in total. The molecule has 0 aromatic heterocycles. The van der Waals surface area contributed by atoms with Gasteiger partial charge < -0.3 is 11.1 Å². The topological polar surface area (TPSA) is 75.4 Å². The Morgan fingerprint density at radius 1 is 0.900 bits per heavy atom. The molecule has 1 aliphatic rings. The number of amides is 2. The zero-order chi connectivity index (χ0) is 22.3. The van der Waals surface area contributed by atoms with Crippen molar-refractivity contribution in [2.45, 2.75) is 39.5 Å². The quantitative estimate of drug-likeness (QED) is 0.533. The molecule has 0 saturated carbocycles. The normalized spacial score (nSPS) is 13.6. The van der Waals surface area contributed by atoms with Crippen molar-refractivity contribution in [1.82, 2.24) is 0 Å². The molecular weight excluding hydrogens is 395 g/mol. The Kier molecular flexibility index (Phi) is 5.90. The van der Waals surface area contributed by atoms with E-state index in [4.69, 9.17) is 5.73 Å². The fourth-order valence-corrected chi connectivity index (χ4v) is 3.70. The lowest BCUT2D eigenvalue weighted by molar-refractivity contribution is 0.0923. The number of carbonyl (C=O) groups excluding carboxylic acids is 2. The maximum Gasteiger partial charge on any atom is 0.269 e. The molecular formula is C22H24F3N3O2. The van der Waals surface area contributed by atoms with E-state index in [0.717, 1.165) is 4.90 Å². The molecule has 1 heterocycles. The van der Waals surface area contributed by atoms with E-state index in [1.165, 1.54) is 0 Å². The Bertz CT molecular complexity index is 1010. The molecule has 0 spiro atoms. The van der Waals surface area contributed by atoms with E-state index in [-0.39, 0.29) is 24.9 Å². The molecule has 160 valence electrons. The molecule has 3 rings (SSSR count). The Hall–Kier alpha value is -2.87. The van der Waals surface area contributed by atoms with Crippen molar-refractivity contribution in [2.24, 2.45) is 5.73 Å². The molecule has 2 amide bonds. The predicted octanol–water partition coefficient (Wildman–Crippen LogP) is 4.52. The molecule has 30 heavy (non-hydrogen) atoms. The van der Waals surface area contributed by atoms with Crippen LogP contribution in [0.25, 0.3) is 0 Å². The van der Waals surface area contributed by atoms with Crippen molar-refractivity contribution in [3.05, 3.63) is 57.9 Å². The Morgan fingerprint density at radius 2 is 1.40 bits per heavy atom. The number of para-hydroxylation sites is 1. The first-order chi connectivity index (χ1) is 14.1. The highest BCUT2D eigenvalue weighted by Gasteiger charge is 2.45. The van der Waals surface area contributed by atoms with Crippen LogP contribution in [-0.4, -0.2) is 24.9 Å². The SMILES string of the molecule is CC(C)c1cccc(C(C)C)c1N1C(=O)c2c(F)c(F)c(NCCN)c(F)c2C1=O. The highest BCUT2D eigenvalue weighted by Crippen LogP contribution is 2.42. The molecule has 2 aromatic carbocycles. The van der Waals surface area contributed by atoms with Gasteiger partial charge in [0.15, 0.2) is 17.5 Å². The summed E-state index contributed by atoms with van der Waals surface area (Å²) in [5.41, 5.74) is 4.52. The minimum Gasteiger partial charge on any atom is -0.379 e. The van der Waals surface area contributed by atoms with Crippen LogP contribution in [0, 0.1) is 17.5 Å². The summed E-state index contributed by atoms with van der Waals surface area (Å²) in [6.45, 7) is 7.54. The number of halogens is 3. The summed E-state index contributed by atoms with van der Waals surface area (Å²) in [6.07, 6.45) is 0. The minimum absolute atomic E-state index is 0.0361. The number of nitrogens with zero attached hydrogens (tertiary/aromatic N) is 1. The van der Waals surface area contributed by atoms with E-state index >= 15 is 4.39 Å². The van der Waals surface area contributed by atoms with Gasteiger partial charge in [-0.2, -0.15) is 0 Å². The second-order valence-electron chi connectivity index (χ2n) is 7.82. The molecule has 0 radical (unpaired) electrons. The first-order valence-electron chi connectivity index (χ1n) is 9.79. The monoisotopic (exact) mass is 419 g/mol. The number of nitrogens with one attached hydrogen (secondary N) is 1. The van der Waals surface area contributed by atoms with Crippen molar-refractivity contribution in [3.8, 4) is 0 Å². The summed E-state index contributed by atoms with van der Waals surface area (Å²) >= 11 is 0. The van der Waals surface area contributed by atoms with Crippen LogP contribution in [0.15, 0.2) is 18.2 Å². The van der Waals surface area contributed by atoms with Crippen LogP contribution in [0.1, 0.15) is 71.4 Å². The molecule has 0 saturated heterocycles. The maximum atomic E-state index is 15.1. The molecule has 0 bridgehead atoms. The lowest BCUT2D eigenvalue weighted by atomic mass is 9.92. The van der Waals surface area contributed by atoms with Crippen LogP contribution < -0.4 is 16.0 Å². The zero-order valence-electron chi connectivity index (χ0n) is 17.3. The number of benzene rings is 2. The third kappa shape index (κ3) is 3.25. The number of hydrogen-bond acceptors (Lipinski definition) is 4. The number of imide groups is 1. The van der Waals surface area contributed by atoms with Crippen molar-refractivity contribution in [2.75, 3.05) is 23.3 Å². The fraction of sp³-hybridized carbons (Fsp3) is 0.364. The van der Waals surface area contributed by atoms with Gasteiger partial charge in [0.25, 0.3) is 11.8 Å². The van der Waals surface area contributed by atoms with Crippen molar-refractivity contribution in [3.63, 3.8) is 0 Å². The summed E-state index contributed by atoms with van der Waals surface area (Å²) in [6, 6.07) is 5.33. The van der Waals surface area contributed by atoms with Crippen LogP contribution >= 0.6 is 0 Å². The summed E-state index contributed by atoms with van der Waals surface area (Å²) in [5, 5.41) is 2.35. The van der Waals surface area contributed by atoms with E-state index in [1.54, 1.807) is 12.1 Å². The van der Waals surface area contributed by atoms with Gasteiger partial charge in [-0.05, 0) is 23.0 Å². The number of fused-ring (bicyclic) bond motifs is 1. The van der Waals surface area contributed by atoms with Gasteiger partial charge in [-0.15, -0.1) is 0 Å². The molecule has 1 aliphatic heterocycles. The number of rotatable bonds is 6. The summed E-state index contributed by atoms with van der Waals surface area (Å²) < 4.78 is 44.3. The predicted molar refractivity (Wildman–Crippen MR) is 110 cm³/mol. The summed E-state index contributed by atoms with van der Waals surface area (Å²) in [7, 11) is 0. The van der Waals surface area contributed by atoms with Gasteiger partial charge in [0.2, 0.25) is 0 Å². The van der Waals surface area contributed by atoms with Gasteiger partial charge in [-0.3, -0.25) is 9.59 Å². The summed E-state index contributed by atoms with van der Waals surface area (Å²) in [4.78, 5) is 27.1. The number of hydrogen-bond donors (Lipinski definition) is 2. The van der Waals surface area contributed by atoms with Crippen molar-refractivity contribution in [1.29, 1.82) is 0 Å². The average molecular weight is 419 g/mol. The minimum atomic E-state index is -1.56. The molecule has 0 fully saturated rings. The number of carbonyl (C=O) groups is 2. The summed E-state index contributed by atoms with van der Waals surface area (Å²) in [5.74, 6) is -6.65. The van der Waals surface area contributed by atoms with E-state index in [9.17, 15) is 18.4 Å². The first-order valence-corrected chi connectivity index (χ1v) is 9.79. The van der Waals surface area contributed by atoms with E-state index in [2.05, 4.69) is 5.32 Å². The van der Waals surface area contributed by atoms with Crippen LogP contribution in [0.5, 0.6) is 0 Å². The van der Waals surface area contributed by atoms with Gasteiger partial charge in [-0.1, -0.05) is 45.9 Å². The third-order valence-corrected chi connectivity index (χ3v) is 5.17. The van der Waals surface area contributed by atoms with Gasteiger partial charge in [0, 0.05) is 13.1 Å². The zero-order valence-corrected chi connectivity index (χ0v) is 17.3. The molecule has 3 N–H and O–H groups in total. The second kappa shape index (κ2) is 8.10. The Balaban J connectivity index is 2.28. The second-order valence-corrected chi connectivity index (χ2v) is 7.82. The average Bonchev–Trinajstić information content (AvgIpc) is 2.95.